The van der Waals surface area contributed by atoms with Gasteiger partial charge in [-0.05, 0) is 12.8 Å². The van der Waals surface area contributed by atoms with E-state index >= 15 is 0 Å². The van der Waals surface area contributed by atoms with Crippen LogP contribution in [-0.4, -0.2) is 47.8 Å². The second-order valence-electron chi connectivity index (χ2n) is 5.20. The first-order valence-corrected chi connectivity index (χ1v) is 6.17. The van der Waals surface area contributed by atoms with Crippen molar-refractivity contribution in [1.82, 2.24) is 4.90 Å². The molecule has 2 aliphatic carbocycles. The van der Waals surface area contributed by atoms with Crippen molar-refractivity contribution in [2.45, 2.75) is 24.8 Å². The van der Waals surface area contributed by atoms with Gasteiger partial charge in [0.05, 0.1) is 19.3 Å². The van der Waals surface area contributed by atoms with E-state index in [0.29, 0.717) is 32.7 Å². The highest BCUT2D eigenvalue weighted by molar-refractivity contribution is 5.85. The van der Waals surface area contributed by atoms with Crippen molar-refractivity contribution < 1.29 is 14.6 Å². The van der Waals surface area contributed by atoms with E-state index in [1.165, 1.54) is 0 Å². The van der Waals surface area contributed by atoms with Crippen LogP contribution in [0, 0.1) is 22.7 Å². The number of nitrogens with zero attached hydrogens (tertiary/aromatic N) is 2. The van der Waals surface area contributed by atoms with Crippen molar-refractivity contribution in [3.63, 3.8) is 0 Å². The Morgan fingerprint density at radius 3 is 2.71 bits per heavy atom. The van der Waals surface area contributed by atoms with Crippen molar-refractivity contribution in [2.75, 3.05) is 26.3 Å². The van der Waals surface area contributed by atoms with E-state index in [-0.39, 0.29) is 5.92 Å². The Hall–Kier alpha value is -1.12. The molecule has 5 heteroatoms. The fourth-order valence-electron chi connectivity index (χ4n) is 4.09. The molecule has 0 amide bonds. The topological polar surface area (TPSA) is 73.6 Å². The quantitative estimate of drug-likeness (QED) is 0.754. The van der Waals surface area contributed by atoms with E-state index < -0.39 is 16.9 Å². The number of carbonyl (C=O) groups is 1. The van der Waals surface area contributed by atoms with Gasteiger partial charge in [0.1, 0.15) is 11.0 Å². The highest BCUT2D eigenvalue weighted by atomic mass is 16.5. The summed E-state index contributed by atoms with van der Waals surface area (Å²) in [4.78, 5) is 13.6. The van der Waals surface area contributed by atoms with Crippen LogP contribution in [0.4, 0.5) is 0 Å². The third kappa shape index (κ3) is 1.08. The van der Waals surface area contributed by atoms with Gasteiger partial charge in [-0.25, -0.2) is 0 Å². The smallest absolute Gasteiger partial charge is 0.313 e. The number of hydrogen-bond donors (Lipinski definition) is 1. The number of carboxylic acids is 1. The third-order valence-electron chi connectivity index (χ3n) is 4.82. The molecule has 2 saturated carbocycles. The largest absolute Gasteiger partial charge is 0.481 e. The molecule has 0 aromatic carbocycles. The Bertz CT molecular complexity index is 399. The summed E-state index contributed by atoms with van der Waals surface area (Å²) in [7, 11) is 0. The van der Waals surface area contributed by atoms with E-state index in [1.807, 2.05) is 0 Å². The predicted octanol–water partition coefficient (Wildman–Crippen LogP) is 0.466. The number of nitriles is 1. The minimum atomic E-state index is -0.793. The lowest BCUT2D eigenvalue weighted by Gasteiger charge is -2.34. The summed E-state index contributed by atoms with van der Waals surface area (Å²) in [5, 5.41) is 19.0. The number of ether oxygens (including phenoxy) is 1. The Kier molecular flexibility index (Phi) is 2.22. The van der Waals surface area contributed by atoms with Gasteiger partial charge in [-0.15, -0.1) is 0 Å². The first-order chi connectivity index (χ1) is 8.20. The fourth-order valence-corrected chi connectivity index (χ4v) is 4.09. The molecule has 1 heterocycles. The minimum absolute atomic E-state index is 0.0237. The van der Waals surface area contributed by atoms with Crippen LogP contribution in [0.2, 0.25) is 0 Å². The average molecular weight is 236 g/mol. The van der Waals surface area contributed by atoms with Crippen LogP contribution in [-0.2, 0) is 9.53 Å². The van der Waals surface area contributed by atoms with Crippen LogP contribution in [0.1, 0.15) is 19.3 Å². The van der Waals surface area contributed by atoms with Gasteiger partial charge >= 0.3 is 5.97 Å². The average Bonchev–Trinajstić information content (AvgIpc) is 2.68. The monoisotopic (exact) mass is 236 g/mol. The van der Waals surface area contributed by atoms with Crippen LogP contribution in [0.3, 0.4) is 0 Å². The van der Waals surface area contributed by atoms with Crippen molar-refractivity contribution in [1.29, 1.82) is 5.26 Å². The Morgan fingerprint density at radius 2 is 2.18 bits per heavy atom. The van der Waals surface area contributed by atoms with Gasteiger partial charge in [-0.2, -0.15) is 5.26 Å². The molecule has 5 nitrogen and oxygen atoms in total. The molecule has 3 aliphatic rings. The van der Waals surface area contributed by atoms with Crippen LogP contribution >= 0.6 is 0 Å². The standard InChI is InChI=1S/C12H16N2O3/c13-8-12(14-4-6-17-7-5-14)9-2-1-3-11(9,12)10(15)16/h9H,1-7H2,(H,15,16)/t9-,11+,12-/m0/s1. The number of rotatable bonds is 2. The maximum Gasteiger partial charge on any atom is 0.313 e. The molecular formula is C12H16N2O3. The second-order valence-corrected chi connectivity index (χ2v) is 5.20. The molecule has 3 fully saturated rings. The molecule has 0 unspecified atom stereocenters. The Balaban J connectivity index is 1.95. The number of aliphatic carboxylic acids is 1. The minimum Gasteiger partial charge on any atom is -0.481 e. The number of fused-ring (bicyclic) bond motifs is 1. The first-order valence-electron chi connectivity index (χ1n) is 6.17. The maximum absolute atomic E-state index is 11.6. The van der Waals surface area contributed by atoms with E-state index in [0.717, 1.165) is 12.8 Å². The molecule has 0 spiro atoms. The number of carboxylic acid groups (broad SMARTS) is 1. The van der Waals surface area contributed by atoms with E-state index in [1.54, 1.807) is 0 Å². The Labute approximate surface area is 100.0 Å². The zero-order valence-electron chi connectivity index (χ0n) is 9.69. The normalized spacial score (nSPS) is 45.0. The van der Waals surface area contributed by atoms with Gasteiger partial charge in [0.2, 0.25) is 0 Å². The van der Waals surface area contributed by atoms with Crippen molar-refractivity contribution in [2.24, 2.45) is 11.3 Å². The van der Waals surface area contributed by atoms with Crippen molar-refractivity contribution in [3.8, 4) is 6.07 Å². The number of morpholine rings is 1. The fraction of sp³-hybridized carbons (Fsp3) is 0.833. The lowest BCUT2D eigenvalue weighted by molar-refractivity contribution is -0.145. The molecule has 0 aromatic heterocycles. The van der Waals surface area contributed by atoms with Crippen LogP contribution in [0.5, 0.6) is 0 Å². The summed E-state index contributed by atoms with van der Waals surface area (Å²) in [5.41, 5.74) is -1.54. The highest BCUT2D eigenvalue weighted by Crippen LogP contribution is 2.73. The summed E-state index contributed by atoms with van der Waals surface area (Å²) in [6.07, 6.45) is 2.46. The van der Waals surface area contributed by atoms with Crippen LogP contribution in [0.15, 0.2) is 0 Å². The summed E-state index contributed by atoms with van der Waals surface area (Å²) in [6.45, 7) is 2.57. The molecule has 0 radical (unpaired) electrons. The first kappa shape index (κ1) is 11.0. The third-order valence-corrected chi connectivity index (χ3v) is 4.82. The maximum atomic E-state index is 11.6. The van der Waals surface area contributed by atoms with E-state index in [4.69, 9.17) is 4.74 Å². The predicted molar refractivity (Wildman–Crippen MR) is 58.1 cm³/mol. The van der Waals surface area contributed by atoms with E-state index in [9.17, 15) is 15.2 Å². The van der Waals surface area contributed by atoms with Gasteiger partial charge in [0, 0.05) is 19.0 Å². The summed E-state index contributed by atoms with van der Waals surface area (Å²) in [6, 6.07) is 2.34. The SMILES string of the molecule is N#C[C@]1(N2CCOCC2)[C@H]2CCC[C@]21C(=O)O. The molecule has 17 heavy (non-hydrogen) atoms. The highest BCUT2D eigenvalue weighted by Gasteiger charge is 2.85. The lowest BCUT2D eigenvalue weighted by Crippen LogP contribution is -2.49. The molecule has 3 atom stereocenters. The molecule has 1 aliphatic heterocycles. The zero-order valence-corrected chi connectivity index (χ0v) is 9.69. The van der Waals surface area contributed by atoms with Gasteiger partial charge in [-0.3, -0.25) is 9.69 Å². The van der Waals surface area contributed by atoms with Crippen LogP contribution in [0.25, 0.3) is 0 Å². The molecule has 3 rings (SSSR count). The van der Waals surface area contributed by atoms with Crippen molar-refractivity contribution >= 4 is 5.97 Å². The zero-order chi connectivity index (χ0) is 12.1. The summed E-state index contributed by atoms with van der Waals surface area (Å²) in [5.74, 6) is -0.761. The van der Waals surface area contributed by atoms with E-state index in [2.05, 4.69) is 11.0 Å². The summed E-state index contributed by atoms with van der Waals surface area (Å²) >= 11 is 0. The van der Waals surface area contributed by atoms with Gasteiger partial charge < -0.3 is 9.84 Å². The Morgan fingerprint density at radius 1 is 1.47 bits per heavy atom. The molecule has 1 saturated heterocycles. The van der Waals surface area contributed by atoms with Crippen molar-refractivity contribution in [3.05, 3.63) is 0 Å². The molecule has 0 bridgehead atoms. The molecule has 1 N–H and O–H groups in total. The van der Waals surface area contributed by atoms with Gasteiger partial charge in [-0.1, -0.05) is 6.42 Å². The van der Waals surface area contributed by atoms with Gasteiger partial charge in [0.15, 0.2) is 0 Å². The number of hydrogen-bond acceptors (Lipinski definition) is 4. The molecular weight excluding hydrogens is 220 g/mol. The van der Waals surface area contributed by atoms with Crippen LogP contribution < -0.4 is 0 Å². The lowest BCUT2D eigenvalue weighted by atomic mass is 9.94. The molecule has 0 aromatic rings. The summed E-state index contributed by atoms with van der Waals surface area (Å²) < 4.78 is 5.28. The molecule has 92 valence electrons. The second kappa shape index (κ2) is 3.44. The van der Waals surface area contributed by atoms with Gasteiger partial charge in [0.25, 0.3) is 0 Å².